The summed E-state index contributed by atoms with van der Waals surface area (Å²) in [6.45, 7) is 0. The Balaban J connectivity index is 1.84. The summed E-state index contributed by atoms with van der Waals surface area (Å²) in [5.74, 6) is 1.36. The van der Waals surface area contributed by atoms with E-state index in [1.165, 1.54) is 0 Å². The number of rotatable bonds is 6. The minimum absolute atomic E-state index is 0.0352. The van der Waals surface area contributed by atoms with E-state index >= 15 is 0 Å². The lowest BCUT2D eigenvalue weighted by molar-refractivity contribution is -0.118. The molecule has 126 valence electrons. The topological polar surface area (TPSA) is 47.6 Å². The van der Waals surface area contributed by atoms with Crippen molar-refractivity contribution in [2.75, 3.05) is 25.8 Å². The summed E-state index contributed by atoms with van der Waals surface area (Å²) in [6, 6.07) is 13.6. The fourth-order valence-corrected chi connectivity index (χ4v) is 3.32. The second kappa shape index (κ2) is 6.77. The van der Waals surface area contributed by atoms with Crippen LogP contribution in [0, 0.1) is 0 Å². The largest absolute Gasteiger partial charge is 0.493 e. The van der Waals surface area contributed by atoms with Crippen LogP contribution in [0.4, 0.5) is 5.69 Å². The number of nitrogens with one attached hydrogen (secondary N) is 1. The third-order valence-corrected chi connectivity index (χ3v) is 5.17. The second-order valence-electron chi connectivity index (χ2n) is 5.84. The van der Waals surface area contributed by atoms with Crippen LogP contribution in [0.3, 0.4) is 0 Å². The molecular weight excluding hydrogens is 322 g/mol. The van der Waals surface area contributed by atoms with Gasteiger partial charge in [-0.25, -0.2) is 0 Å². The van der Waals surface area contributed by atoms with Crippen molar-refractivity contribution in [3.63, 3.8) is 0 Å². The van der Waals surface area contributed by atoms with Gasteiger partial charge in [-0.15, -0.1) is 11.8 Å². The van der Waals surface area contributed by atoms with Crippen molar-refractivity contribution in [3.05, 3.63) is 48.0 Å². The molecule has 0 aliphatic heterocycles. The van der Waals surface area contributed by atoms with Crippen molar-refractivity contribution < 1.29 is 14.3 Å². The lowest BCUT2D eigenvalue weighted by Gasteiger charge is -2.18. The minimum atomic E-state index is -0.463. The van der Waals surface area contributed by atoms with E-state index in [1.54, 1.807) is 26.0 Å². The molecule has 1 aliphatic carbocycles. The molecule has 5 heteroatoms. The SMILES string of the molecule is COc1ccc(C2(C(=O)Nc3cccc(SC)c3)CC2)cc1OC. The number of benzene rings is 2. The molecule has 1 aliphatic rings. The lowest BCUT2D eigenvalue weighted by atomic mass is 9.94. The normalized spacial score (nSPS) is 14.8. The maximum Gasteiger partial charge on any atom is 0.235 e. The van der Waals surface area contributed by atoms with Crippen LogP contribution in [-0.4, -0.2) is 26.4 Å². The summed E-state index contributed by atoms with van der Waals surface area (Å²) in [4.78, 5) is 14.0. The molecule has 1 N–H and O–H groups in total. The molecule has 1 fully saturated rings. The highest BCUT2D eigenvalue weighted by Gasteiger charge is 2.51. The highest BCUT2D eigenvalue weighted by molar-refractivity contribution is 7.98. The molecule has 1 saturated carbocycles. The van der Waals surface area contributed by atoms with Gasteiger partial charge < -0.3 is 14.8 Å². The molecule has 1 amide bonds. The Morgan fingerprint density at radius 2 is 1.83 bits per heavy atom. The van der Waals surface area contributed by atoms with Gasteiger partial charge >= 0.3 is 0 Å². The maximum atomic E-state index is 12.9. The van der Waals surface area contributed by atoms with Gasteiger partial charge in [0.1, 0.15) is 0 Å². The Bertz CT molecular complexity index is 756. The first-order chi connectivity index (χ1) is 11.6. The Kier molecular flexibility index (Phi) is 4.71. The van der Waals surface area contributed by atoms with E-state index in [2.05, 4.69) is 5.32 Å². The zero-order valence-electron chi connectivity index (χ0n) is 14.1. The van der Waals surface area contributed by atoms with Gasteiger partial charge in [-0.1, -0.05) is 12.1 Å². The molecule has 0 bridgehead atoms. The number of hydrogen-bond donors (Lipinski definition) is 1. The molecule has 0 atom stereocenters. The minimum Gasteiger partial charge on any atom is -0.493 e. The van der Waals surface area contributed by atoms with E-state index in [-0.39, 0.29) is 5.91 Å². The Hall–Kier alpha value is -2.14. The number of amides is 1. The van der Waals surface area contributed by atoms with Crippen LogP contribution in [0.2, 0.25) is 0 Å². The maximum absolute atomic E-state index is 12.9. The summed E-state index contributed by atoms with van der Waals surface area (Å²) in [5.41, 5.74) is 1.34. The van der Waals surface area contributed by atoms with E-state index in [4.69, 9.17) is 9.47 Å². The quantitative estimate of drug-likeness (QED) is 0.802. The molecule has 2 aromatic carbocycles. The number of thioether (sulfide) groups is 1. The first kappa shape index (κ1) is 16.7. The number of ether oxygens (including phenoxy) is 2. The van der Waals surface area contributed by atoms with Crippen LogP contribution in [0.1, 0.15) is 18.4 Å². The number of anilines is 1. The average Bonchev–Trinajstić information content (AvgIpc) is 3.43. The molecule has 0 spiro atoms. The van der Waals surface area contributed by atoms with E-state index in [1.807, 2.05) is 48.7 Å². The highest BCUT2D eigenvalue weighted by atomic mass is 32.2. The van der Waals surface area contributed by atoms with E-state index in [9.17, 15) is 4.79 Å². The molecule has 0 radical (unpaired) electrons. The number of carbonyl (C=O) groups excluding carboxylic acids is 1. The smallest absolute Gasteiger partial charge is 0.235 e. The zero-order chi connectivity index (χ0) is 17.2. The number of methoxy groups -OCH3 is 2. The molecule has 2 aromatic rings. The van der Waals surface area contributed by atoms with Crippen LogP contribution in [-0.2, 0) is 10.2 Å². The van der Waals surface area contributed by atoms with Crippen molar-refractivity contribution in [3.8, 4) is 11.5 Å². The second-order valence-corrected chi connectivity index (χ2v) is 6.72. The third-order valence-electron chi connectivity index (χ3n) is 4.45. The summed E-state index contributed by atoms with van der Waals surface area (Å²) in [7, 11) is 3.21. The average molecular weight is 343 g/mol. The van der Waals surface area contributed by atoms with Crippen LogP contribution >= 0.6 is 11.8 Å². The van der Waals surface area contributed by atoms with Crippen molar-refractivity contribution in [1.82, 2.24) is 0 Å². The molecule has 0 aromatic heterocycles. The van der Waals surface area contributed by atoms with Crippen molar-refractivity contribution in [2.24, 2.45) is 0 Å². The van der Waals surface area contributed by atoms with Crippen molar-refractivity contribution in [2.45, 2.75) is 23.2 Å². The lowest BCUT2D eigenvalue weighted by Crippen LogP contribution is -2.27. The summed E-state index contributed by atoms with van der Waals surface area (Å²) in [6.07, 6.45) is 3.71. The van der Waals surface area contributed by atoms with Gasteiger partial charge in [-0.2, -0.15) is 0 Å². The predicted octanol–water partition coefficient (Wildman–Crippen LogP) is 4.10. The Morgan fingerprint density at radius 1 is 1.08 bits per heavy atom. The molecule has 0 unspecified atom stereocenters. The molecule has 4 nitrogen and oxygen atoms in total. The van der Waals surface area contributed by atoms with Gasteiger partial charge in [-0.05, 0) is 55.0 Å². The van der Waals surface area contributed by atoms with Crippen molar-refractivity contribution in [1.29, 1.82) is 0 Å². The summed E-state index contributed by atoms with van der Waals surface area (Å²) < 4.78 is 10.6. The van der Waals surface area contributed by atoms with Crippen LogP contribution < -0.4 is 14.8 Å². The first-order valence-electron chi connectivity index (χ1n) is 7.81. The van der Waals surface area contributed by atoms with Gasteiger partial charge in [0.15, 0.2) is 11.5 Å². The van der Waals surface area contributed by atoms with Gasteiger partial charge in [-0.3, -0.25) is 4.79 Å². The molecular formula is C19H21NO3S. The molecule has 0 saturated heterocycles. The van der Waals surface area contributed by atoms with Crippen LogP contribution in [0.5, 0.6) is 11.5 Å². The fraction of sp³-hybridized carbons (Fsp3) is 0.316. The fourth-order valence-electron chi connectivity index (χ4n) is 2.86. The van der Waals surface area contributed by atoms with Gasteiger partial charge in [0.05, 0.1) is 19.6 Å². The van der Waals surface area contributed by atoms with Gasteiger partial charge in [0, 0.05) is 10.6 Å². The predicted molar refractivity (Wildman–Crippen MR) is 97.3 cm³/mol. The van der Waals surface area contributed by atoms with E-state index in [0.29, 0.717) is 11.5 Å². The summed E-state index contributed by atoms with van der Waals surface area (Å²) in [5, 5.41) is 3.06. The first-order valence-corrected chi connectivity index (χ1v) is 9.03. The van der Waals surface area contributed by atoms with Crippen LogP contribution in [0.15, 0.2) is 47.4 Å². The van der Waals surface area contributed by atoms with Gasteiger partial charge in [0.2, 0.25) is 5.91 Å². The standard InChI is InChI=1S/C19H21NO3S/c1-22-16-8-7-13(11-17(16)23-2)19(9-10-19)18(21)20-14-5-4-6-15(12-14)24-3/h4-8,11-12H,9-10H2,1-3H3,(H,20,21). The summed E-state index contributed by atoms with van der Waals surface area (Å²) >= 11 is 1.66. The third kappa shape index (κ3) is 3.08. The number of carbonyl (C=O) groups is 1. The monoisotopic (exact) mass is 343 g/mol. The number of hydrogen-bond acceptors (Lipinski definition) is 4. The molecule has 24 heavy (non-hydrogen) atoms. The molecule has 0 heterocycles. The van der Waals surface area contributed by atoms with E-state index in [0.717, 1.165) is 29.0 Å². The van der Waals surface area contributed by atoms with Gasteiger partial charge in [0.25, 0.3) is 0 Å². The van der Waals surface area contributed by atoms with E-state index < -0.39 is 5.41 Å². The highest BCUT2D eigenvalue weighted by Crippen LogP contribution is 2.50. The molecule has 3 rings (SSSR count). The van der Waals surface area contributed by atoms with Crippen LogP contribution in [0.25, 0.3) is 0 Å². The van der Waals surface area contributed by atoms with Crippen molar-refractivity contribution >= 4 is 23.4 Å². The Morgan fingerprint density at radius 3 is 2.46 bits per heavy atom. The zero-order valence-corrected chi connectivity index (χ0v) is 14.9. The Labute approximate surface area is 146 Å².